The highest BCUT2D eigenvalue weighted by Crippen LogP contribution is 2.20. The highest BCUT2D eigenvalue weighted by Gasteiger charge is 2.18. The fourth-order valence-corrected chi connectivity index (χ4v) is 6.45. The lowest BCUT2D eigenvalue weighted by Crippen LogP contribution is -2.14. The van der Waals surface area contributed by atoms with E-state index in [2.05, 4.69) is 31.0 Å². The summed E-state index contributed by atoms with van der Waals surface area (Å²) in [7, 11) is -3.50. The van der Waals surface area contributed by atoms with Crippen LogP contribution >= 0.6 is 22.7 Å². The van der Waals surface area contributed by atoms with Gasteiger partial charge in [0.1, 0.15) is 15.8 Å². The predicted octanol–water partition coefficient (Wildman–Crippen LogP) is 2.91. The summed E-state index contributed by atoms with van der Waals surface area (Å²) in [6.45, 7) is 0. The second-order valence-corrected chi connectivity index (χ2v) is 12.1. The first-order valence-electron chi connectivity index (χ1n) is 10.9. The topological polar surface area (TPSA) is 144 Å². The highest BCUT2D eigenvalue weighted by molar-refractivity contribution is 7.90. The molecule has 0 spiro atoms. The van der Waals surface area contributed by atoms with Crippen LogP contribution < -0.4 is 10.6 Å². The molecule has 0 aliphatic heterocycles. The van der Waals surface area contributed by atoms with Crippen LogP contribution in [0.2, 0.25) is 0 Å². The minimum Gasteiger partial charge on any atom is -0.300 e. The molecule has 0 aliphatic rings. The number of aryl methyl sites for hydroxylation is 1. The van der Waals surface area contributed by atoms with Crippen LogP contribution in [0.15, 0.2) is 60.7 Å². The van der Waals surface area contributed by atoms with Gasteiger partial charge in [-0.05, 0) is 11.1 Å². The third kappa shape index (κ3) is 8.00. The molecule has 2 aromatic heterocycles. The fourth-order valence-electron chi connectivity index (χ4n) is 3.16. The third-order valence-corrected chi connectivity index (χ3v) is 8.27. The molecule has 4 aromatic rings. The summed E-state index contributed by atoms with van der Waals surface area (Å²) in [4.78, 5) is 24.3. The normalized spacial score (nSPS) is 11.2. The average molecular weight is 543 g/mol. The highest BCUT2D eigenvalue weighted by atomic mass is 32.2. The van der Waals surface area contributed by atoms with Crippen LogP contribution in [0.3, 0.4) is 0 Å². The lowest BCUT2D eigenvalue weighted by Gasteiger charge is -2.01. The molecule has 0 saturated heterocycles. The number of anilines is 2. The fraction of sp³-hybridized carbons (Fsp3) is 0.217. The number of rotatable bonds is 11. The summed E-state index contributed by atoms with van der Waals surface area (Å²) in [5.41, 5.74) is 1.74. The maximum absolute atomic E-state index is 12.6. The van der Waals surface area contributed by atoms with Gasteiger partial charge in [0.05, 0.1) is 18.6 Å². The Morgan fingerprint density at radius 1 is 0.694 bits per heavy atom. The van der Waals surface area contributed by atoms with Crippen molar-refractivity contribution in [2.75, 3.05) is 16.4 Å². The lowest BCUT2D eigenvalue weighted by atomic mass is 10.1. The second-order valence-electron chi connectivity index (χ2n) is 7.77. The largest absolute Gasteiger partial charge is 0.300 e. The van der Waals surface area contributed by atoms with Crippen molar-refractivity contribution in [1.82, 2.24) is 20.4 Å². The molecule has 0 atom stereocenters. The number of benzene rings is 2. The van der Waals surface area contributed by atoms with Gasteiger partial charge in [-0.3, -0.25) is 9.59 Å². The SMILES string of the molecule is O=C(Cc1ccccc1)Nc1nnc(CCS(=O)(=O)Cc2nnc(NC(=O)Cc3ccccc3)s2)s1. The van der Waals surface area contributed by atoms with Gasteiger partial charge in [0.2, 0.25) is 22.1 Å². The van der Waals surface area contributed by atoms with Crippen LogP contribution in [-0.2, 0) is 44.4 Å². The molecule has 0 fully saturated rings. The summed E-state index contributed by atoms with van der Waals surface area (Å²) in [6, 6.07) is 18.6. The first-order valence-corrected chi connectivity index (χ1v) is 14.3. The molecule has 4 rings (SSSR count). The smallest absolute Gasteiger partial charge is 0.230 e. The van der Waals surface area contributed by atoms with Crippen LogP contribution in [0.1, 0.15) is 21.1 Å². The number of amides is 2. The Labute approximate surface area is 215 Å². The first-order chi connectivity index (χ1) is 17.3. The maximum Gasteiger partial charge on any atom is 0.230 e. The molecule has 0 radical (unpaired) electrons. The Bertz CT molecular complexity index is 1420. The minimum absolute atomic E-state index is 0.158. The van der Waals surface area contributed by atoms with Crippen molar-refractivity contribution in [3.05, 3.63) is 81.8 Å². The third-order valence-electron chi connectivity index (χ3n) is 4.81. The van der Waals surface area contributed by atoms with Crippen molar-refractivity contribution in [3.8, 4) is 0 Å². The molecule has 2 amide bonds. The van der Waals surface area contributed by atoms with E-state index in [9.17, 15) is 18.0 Å². The quantitative estimate of drug-likeness (QED) is 0.294. The zero-order valence-corrected chi connectivity index (χ0v) is 21.4. The Morgan fingerprint density at radius 3 is 1.69 bits per heavy atom. The summed E-state index contributed by atoms with van der Waals surface area (Å²) >= 11 is 2.16. The molecule has 10 nitrogen and oxygen atoms in total. The Morgan fingerprint density at radius 2 is 1.17 bits per heavy atom. The molecule has 2 aromatic carbocycles. The molecule has 0 bridgehead atoms. The van der Waals surface area contributed by atoms with Gasteiger partial charge in [-0.1, -0.05) is 83.3 Å². The molecule has 0 saturated carbocycles. The molecule has 13 heteroatoms. The molecule has 0 unspecified atom stereocenters. The zero-order chi connectivity index (χ0) is 25.4. The van der Waals surface area contributed by atoms with E-state index >= 15 is 0 Å². The van der Waals surface area contributed by atoms with Crippen molar-refractivity contribution in [1.29, 1.82) is 0 Å². The molecule has 36 heavy (non-hydrogen) atoms. The molecule has 2 N–H and O–H groups in total. The van der Waals surface area contributed by atoms with E-state index in [-0.39, 0.29) is 52.7 Å². The number of carbonyl (C=O) groups excluding carboxylic acids is 2. The van der Waals surface area contributed by atoms with Gasteiger partial charge in [-0.25, -0.2) is 8.42 Å². The summed E-state index contributed by atoms with van der Waals surface area (Å²) in [6.07, 6.45) is 0.555. The van der Waals surface area contributed by atoms with Gasteiger partial charge in [0.25, 0.3) is 0 Å². The van der Waals surface area contributed by atoms with E-state index in [4.69, 9.17) is 0 Å². The minimum atomic E-state index is -3.50. The van der Waals surface area contributed by atoms with Crippen molar-refractivity contribution in [3.63, 3.8) is 0 Å². The van der Waals surface area contributed by atoms with E-state index < -0.39 is 9.84 Å². The first kappa shape index (κ1) is 25.5. The van der Waals surface area contributed by atoms with E-state index in [0.717, 1.165) is 33.8 Å². The Hall–Kier alpha value is -3.55. The van der Waals surface area contributed by atoms with Crippen molar-refractivity contribution in [2.24, 2.45) is 0 Å². The van der Waals surface area contributed by atoms with Gasteiger partial charge >= 0.3 is 0 Å². The van der Waals surface area contributed by atoms with Crippen LogP contribution in [0.5, 0.6) is 0 Å². The van der Waals surface area contributed by atoms with Crippen LogP contribution in [0.4, 0.5) is 10.3 Å². The second kappa shape index (κ2) is 11.9. The summed E-state index contributed by atoms with van der Waals surface area (Å²) < 4.78 is 25.1. The number of nitrogens with zero attached hydrogens (tertiary/aromatic N) is 4. The van der Waals surface area contributed by atoms with Gasteiger partial charge in [-0.15, -0.1) is 20.4 Å². The standard InChI is InChI=1S/C23H22N6O4S3/c30-18(13-16-7-3-1-4-8-16)24-22-28-26-20(34-22)11-12-36(32,33)15-21-27-29-23(35-21)25-19(31)14-17-9-5-2-6-10-17/h1-10H,11-15H2,(H,24,28,30)(H,25,29,31). The van der Waals surface area contributed by atoms with E-state index in [1.807, 2.05) is 60.7 Å². The van der Waals surface area contributed by atoms with Gasteiger partial charge < -0.3 is 10.6 Å². The number of sulfone groups is 1. The lowest BCUT2D eigenvalue weighted by molar-refractivity contribution is -0.116. The molecule has 0 aliphatic carbocycles. The molecular formula is C23H22N6O4S3. The van der Waals surface area contributed by atoms with Crippen LogP contribution in [0.25, 0.3) is 0 Å². The Balaban J connectivity index is 1.24. The van der Waals surface area contributed by atoms with E-state index in [1.165, 1.54) is 0 Å². The van der Waals surface area contributed by atoms with E-state index in [1.54, 1.807) is 0 Å². The van der Waals surface area contributed by atoms with Gasteiger partial charge in [-0.2, -0.15) is 0 Å². The van der Waals surface area contributed by atoms with Gasteiger partial charge in [0.15, 0.2) is 9.84 Å². The molecular weight excluding hydrogens is 520 g/mol. The Kier molecular flexibility index (Phi) is 8.46. The summed E-state index contributed by atoms with van der Waals surface area (Å²) in [5, 5.41) is 22.4. The number of hydrogen-bond donors (Lipinski definition) is 2. The van der Waals surface area contributed by atoms with Gasteiger partial charge in [0, 0.05) is 6.42 Å². The molecule has 186 valence electrons. The van der Waals surface area contributed by atoms with Crippen molar-refractivity contribution >= 4 is 54.6 Å². The number of carbonyl (C=O) groups is 2. The number of hydrogen-bond acceptors (Lipinski definition) is 10. The summed E-state index contributed by atoms with van der Waals surface area (Å²) in [5.74, 6) is -0.928. The van der Waals surface area contributed by atoms with Crippen LogP contribution in [-0.4, -0.2) is 46.4 Å². The van der Waals surface area contributed by atoms with Crippen molar-refractivity contribution < 1.29 is 18.0 Å². The van der Waals surface area contributed by atoms with Crippen molar-refractivity contribution in [2.45, 2.75) is 25.0 Å². The monoisotopic (exact) mass is 542 g/mol. The maximum atomic E-state index is 12.6. The zero-order valence-electron chi connectivity index (χ0n) is 19.0. The van der Waals surface area contributed by atoms with Crippen LogP contribution in [0, 0.1) is 0 Å². The van der Waals surface area contributed by atoms with E-state index in [0.29, 0.717) is 10.1 Å². The average Bonchev–Trinajstić information content (AvgIpc) is 3.47. The number of nitrogens with one attached hydrogen (secondary N) is 2. The predicted molar refractivity (Wildman–Crippen MR) is 139 cm³/mol. The molecule has 2 heterocycles. The number of aromatic nitrogens is 4.